The molecular formula is C18H22FN3O5S. The van der Waals surface area contributed by atoms with E-state index in [2.05, 4.69) is 10.0 Å². The number of ether oxygens (including phenoxy) is 1. The summed E-state index contributed by atoms with van der Waals surface area (Å²) < 4.78 is 45.0. The van der Waals surface area contributed by atoms with E-state index in [9.17, 15) is 22.9 Å². The van der Waals surface area contributed by atoms with Gasteiger partial charge in [-0.15, -0.1) is 0 Å². The predicted molar refractivity (Wildman–Crippen MR) is 103 cm³/mol. The first-order valence-corrected chi connectivity index (χ1v) is 9.99. The van der Waals surface area contributed by atoms with Crippen molar-refractivity contribution in [2.75, 3.05) is 25.6 Å². The van der Waals surface area contributed by atoms with E-state index in [-0.39, 0.29) is 28.7 Å². The molecule has 2 aromatic carbocycles. The first kappa shape index (κ1) is 21.7. The van der Waals surface area contributed by atoms with Gasteiger partial charge in [0.25, 0.3) is 5.69 Å². The van der Waals surface area contributed by atoms with Crippen molar-refractivity contribution in [3.8, 4) is 0 Å². The van der Waals surface area contributed by atoms with Crippen LogP contribution in [0.3, 0.4) is 0 Å². The highest BCUT2D eigenvalue weighted by Gasteiger charge is 2.22. The normalized spacial score (nSPS) is 12.5. The second-order valence-corrected chi connectivity index (χ2v) is 7.93. The Labute approximate surface area is 162 Å². The van der Waals surface area contributed by atoms with Crippen molar-refractivity contribution in [3.05, 3.63) is 64.0 Å². The number of methoxy groups -OCH3 is 1. The van der Waals surface area contributed by atoms with E-state index < -0.39 is 21.0 Å². The van der Waals surface area contributed by atoms with Gasteiger partial charge in [-0.2, -0.15) is 0 Å². The van der Waals surface area contributed by atoms with Gasteiger partial charge in [0.15, 0.2) is 0 Å². The number of sulfonamides is 1. The Hall–Kier alpha value is -2.56. The molecule has 0 bridgehead atoms. The third-order valence-electron chi connectivity index (χ3n) is 3.89. The second kappa shape index (κ2) is 9.58. The summed E-state index contributed by atoms with van der Waals surface area (Å²) in [5.41, 5.74) is 0.726. The van der Waals surface area contributed by atoms with Crippen LogP contribution in [-0.2, 0) is 21.2 Å². The fourth-order valence-corrected chi connectivity index (χ4v) is 3.84. The lowest BCUT2D eigenvalue weighted by atomic mass is 10.1. The molecule has 0 aromatic heterocycles. The van der Waals surface area contributed by atoms with Crippen molar-refractivity contribution in [1.82, 2.24) is 4.72 Å². The fraction of sp³-hybridized carbons (Fsp3) is 0.333. The van der Waals surface area contributed by atoms with Crippen LogP contribution in [-0.4, -0.2) is 39.6 Å². The Morgan fingerprint density at radius 2 is 1.89 bits per heavy atom. The smallest absolute Gasteiger partial charge is 0.293 e. The highest BCUT2D eigenvalue weighted by molar-refractivity contribution is 7.89. The van der Waals surface area contributed by atoms with Crippen LogP contribution in [0.2, 0.25) is 0 Å². The van der Waals surface area contributed by atoms with Gasteiger partial charge in [-0.3, -0.25) is 10.1 Å². The summed E-state index contributed by atoms with van der Waals surface area (Å²) in [5, 5.41) is 14.3. The molecule has 0 aliphatic carbocycles. The Balaban J connectivity index is 2.13. The van der Waals surface area contributed by atoms with Crippen molar-refractivity contribution >= 4 is 21.4 Å². The molecular weight excluding hydrogens is 389 g/mol. The van der Waals surface area contributed by atoms with Gasteiger partial charge in [0, 0.05) is 25.8 Å². The number of nitrogens with zero attached hydrogens (tertiary/aromatic N) is 1. The van der Waals surface area contributed by atoms with Gasteiger partial charge in [0.05, 0.1) is 16.4 Å². The quantitative estimate of drug-likeness (QED) is 0.459. The van der Waals surface area contributed by atoms with Crippen molar-refractivity contribution < 1.29 is 22.5 Å². The topological polar surface area (TPSA) is 111 Å². The molecule has 0 fully saturated rings. The van der Waals surface area contributed by atoms with Crippen molar-refractivity contribution in [3.63, 3.8) is 0 Å². The van der Waals surface area contributed by atoms with E-state index in [0.717, 1.165) is 11.6 Å². The lowest BCUT2D eigenvalue weighted by molar-refractivity contribution is -0.384. The van der Waals surface area contributed by atoms with Crippen LogP contribution in [0.25, 0.3) is 0 Å². The molecule has 0 saturated carbocycles. The monoisotopic (exact) mass is 411 g/mol. The zero-order valence-electron chi connectivity index (χ0n) is 15.5. The molecule has 1 atom stereocenters. The van der Waals surface area contributed by atoms with Gasteiger partial charge in [0.1, 0.15) is 11.5 Å². The van der Waals surface area contributed by atoms with Gasteiger partial charge in [-0.25, -0.2) is 17.5 Å². The minimum atomic E-state index is -3.92. The maximum Gasteiger partial charge on any atom is 0.293 e. The summed E-state index contributed by atoms with van der Waals surface area (Å²) in [5.74, 6) is -0.336. The zero-order valence-corrected chi connectivity index (χ0v) is 16.3. The van der Waals surface area contributed by atoms with Crippen molar-refractivity contribution in [1.29, 1.82) is 0 Å². The number of nitro groups is 1. The molecule has 2 aromatic rings. The van der Waals surface area contributed by atoms with E-state index in [1.807, 2.05) is 0 Å². The SMILES string of the molecule is COC[C@H](C)NS(=O)(=O)c1ccc(NCCc2ccc(F)cc2)c([N+](=O)[O-])c1. The molecule has 0 heterocycles. The maximum absolute atomic E-state index is 12.9. The highest BCUT2D eigenvalue weighted by Crippen LogP contribution is 2.27. The first-order valence-electron chi connectivity index (χ1n) is 8.51. The Bertz CT molecular complexity index is 919. The predicted octanol–water partition coefficient (Wildman–Crippen LogP) is 2.70. The standard InChI is InChI=1S/C18H22FN3O5S/c1-13(12-27-2)21-28(25,26)16-7-8-17(18(11-16)22(23)24)20-10-9-14-3-5-15(19)6-4-14/h3-8,11,13,20-21H,9-10,12H2,1-2H3/t13-/m0/s1. The maximum atomic E-state index is 12.9. The van der Waals surface area contributed by atoms with E-state index in [0.29, 0.717) is 13.0 Å². The number of halogens is 1. The van der Waals surface area contributed by atoms with Gasteiger partial charge in [0.2, 0.25) is 10.0 Å². The van der Waals surface area contributed by atoms with Crippen molar-refractivity contribution in [2.24, 2.45) is 0 Å². The summed E-state index contributed by atoms with van der Waals surface area (Å²) in [7, 11) is -2.47. The molecule has 0 aliphatic rings. The molecule has 0 saturated heterocycles. The highest BCUT2D eigenvalue weighted by atomic mass is 32.2. The van der Waals surface area contributed by atoms with E-state index >= 15 is 0 Å². The molecule has 8 nitrogen and oxygen atoms in total. The molecule has 0 unspecified atom stereocenters. The molecule has 0 aliphatic heterocycles. The Morgan fingerprint density at radius 3 is 2.50 bits per heavy atom. The molecule has 2 rings (SSSR count). The first-order chi connectivity index (χ1) is 13.2. The average Bonchev–Trinajstić information content (AvgIpc) is 2.63. The van der Waals surface area contributed by atoms with Gasteiger partial charge >= 0.3 is 0 Å². The lowest BCUT2D eigenvalue weighted by Gasteiger charge is -2.14. The molecule has 152 valence electrons. The van der Waals surface area contributed by atoms with Crippen LogP contribution in [0.4, 0.5) is 15.8 Å². The Morgan fingerprint density at radius 1 is 1.21 bits per heavy atom. The van der Waals surface area contributed by atoms with Crippen LogP contribution in [0, 0.1) is 15.9 Å². The van der Waals surface area contributed by atoms with Crippen LogP contribution < -0.4 is 10.0 Å². The number of hydrogen-bond acceptors (Lipinski definition) is 6. The average molecular weight is 411 g/mol. The van der Waals surface area contributed by atoms with Crippen LogP contribution in [0.5, 0.6) is 0 Å². The summed E-state index contributed by atoms with van der Waals surface area (Å²) in [4.78, 5) is 10.5. The van der Waals surface area contributed by atoms with Crippen LogP contribution >= 0.6 is 0 Å². The van der Waals surface area contributed by atoms with E-state index in [4.69, 9.17) is 4.74 Å². The molecule has 10 heteroatoms. The van der Waals surface area contributed by atoms with Gasteiger partial charge in [-0.05, 0) is 43.2 Å². The number of nitro benzene ring substituents is 1. The Kier molecular flexibility index (Phi) is 7.44. The molecule has 0 amide bonds. The summed E-state index contributed by atoms with van der Waals surface area (Å²) in [6.07, 6.45) is 0.521. The number of nitrogens with one attached hydrogen (secondary N) is 2. The van der Waals surface area contributed by atoms with Gasteiger partial charge in [-0.1, -0.05) is 12.1 Å². The third kappa shape index (κ3) is 5.98. The van der Waals surface area contributed by atoms with Crippen molar-refractivity contribution in [2.45, 2.75) is 24.3 Å². The number of rotatable bonds is 10. The number of benzene rings is 2. The molecule has 2 N–H and O–H groups in total. The van der Waals surface area contributed by atoms with Gasteiger partial charge < -0.3 is 10.1 Å². The fourth-order valence-electron chi connectivity index (χ4n) is 2.59. The molecule has 28 heavy (non-hydrogen) atoms. The lowest BCUT2D eigenvalue weighted by Crippen LogP contribution is -2.35. The number of hydrogen-bond donors (Lipinski definition) is 2. The number of anilines is 1. The summed E-state index contributed by atoms with van der Waals surface area (Å²) in [6.45, 7) is 2.16. The second-order valence-electron chi connectivity index (χ2n) is 6.22. The largest absolute Gasteiger partial charge is 0.383 e. The van der Waals surface area contributed by atoms with Crippen LogP contribution in [0.1, 0.15) is 12.5 Å². The molecule has 0 radical (unpaired) electrons. The van der Waals surface area contributed by atoms with E-state index in [1.165, 1.54) is 31.4 Å². The third-order valence-corrected chi connectivity index (χ3v) is 5.48. The zero-order chi connectivity index (χ0) is 20.7. The van der Waals surface area contributed by atoms with E-state index in [1.54, 1.807) is 19.1 Å². The minimum Gasteiger partial charge on any atom is -0.383 e. The minimum absolute atomic E-state index is 0.171. The molecule has 0 spiro atoms. The summed E-state index contributed by atoms with van der Waals surface area (Å²) >= 11 is 0. The summed E-state index contributed by atoms with van der Waals surface area (Å²) in [6, 6.07) is 9.14. The van der Waals surface area contributed by atoms with Crippen LogP contribution in [0.15, 0.2) is 47.4 Å².